The fourth-order valence-corrected chi connectivity index (χ4v) is 4.22. The standard InChI is InChI=1S/C28H25FN8O/c1-15-11-18(21-7-6-8-22(29)26(21)33-15)9-10-20-12-19(13-23(34-20)35-28(38)17(3)30-4)25-27-24(31-14-32-25)16(2)36-37(27)5/h6-8,11-14,17,30H,1-5H3,(H,34,35,38)/t17-/m1/s1. The van der Waals surface area contributed by atoms with Crippen molar-refractivity contribution >= 4 is 33.7 Å². The molecule has 1 amide bonds. The molecule has 5 rings (SSSR count). The Morgan fingerprint density at radius 2 is 1.89 bits per heavy atom. The van der Waals surface area contributed by atoms with Gasteiger partial charge in [0.15, 0.2) is 0 Å². The van der Waals surface area contributed by atoms with E-state index in [-0.39, 0.29) is 11.4 Å². The third kappa shape index (κ3) is 4.67. The van der Waals surface area contributed by atoms with Gasteiger partial charge in [-0.3, -0.25) is 9.48 Å². The summed E-state index contributed by atoms with van der Waals surface area (Å²) in [6.45, 7) is 5.43. The Bertz CT molecular complexity index is 1780. The molecule has 190 valence electrons. The van der Waals surface area contributed by atoms with Crippen LogP contribution in [-0.2, 0) is 11.8 Å². The first-order valence-corrected chi connectivity index (χ1v) is 12.0. The van der Waals surface area contributed by atoms with Crippen LogP contribution in [0.1, 0.15) is 29.6 Å². The Morgan fingerprint density at radius 1 is 1.08 bits per heavy atom. The summed E-state index contributed by atoms with van der Waals surface area (Å²) in [6, 6.07) is 9.71. The van der Waals surface area contributed by atoms with E-state index in [1.807, 2.05) is 20.0 Å². The predicted octanol–water partition coefficient (Wildman–Crippen LogP) is 3.68. The molecule has 0 aliphatic carbocycles. The number of hydrogen-bond donors (Lipinski definition) is 2. The molecular formula is C28H25FN8O. The lowest BCUT2D eigenvalue weighted by Gasteiger charge is -2.12. The monoisotopic (exact) mass is 508 g/mol. The number of halogens is 1. The zero-order valence-electron chi connectivity index (χ0n) is 21.6. The van der Waals surface area contributed by atoms with Gasteiger partial charge in [0.05, 0.1) is 17.4 Å². The molecule has 10 heteroatoms. The number of benzene rings is 1. The number of fused-ring (bicyclic) bond motifs is 2. The summed E-state index contributed by atoms with van der Waals surface area (Å²) in [5, 5.41) is 10.9. The number of amides is 1. The molecule has 1 aromatic carbocycles. The molecule has 0 spiro atoms. The van der Waals surface area contributed by atoms with Gasteiger partial charge in [-0.2, -0.15) is 5.10 Å². The van der Waals surface area contributed by atoms with Crippen LogP contribution in [0.3, 0.4) is 0 Å². The van der Waals surface area contributed by atoms with Crippen molar-refractivity contribution in [3.63, 3.8) is 0 Å². The van der Waals surface area contributed by atoms with E-state index in [1.54, 1.807) is 49.8 Å². The Morgan fingerprint density at radius 3 is 2.68 bits per heavy atom. The van der Waals surface area contributed by atoms with Gasteiger partial charge in [-0.05, 0) is 58.0 Å². The molecule has 2 N–H and O–H groups in total. The normalized spacial score (nSPS) is 11.8. The number of carbonyl (C=O) groups is 1. The third-order valence-corrected chi connectivity index (χ3v) is 6.21. The SMILES string of the molecule is CN[C@H](C)C(=O)Nc1cc(-c2ncnc3c(C)nn(C)c23)cc(C#Cc2cc(C)nc3c(F)cccc23)n1. The largest absolute Gasteiger partial charge is 0.309 e. The van der Waals surface area contributed by atoms with Crippen molar-refractivity contribution in [2.45, 2.75) is 26.8 Å². The van der Waals surface area contributed by atoms with Crippen LogP contribution in [0.4, 0.5) is 10.2 Å². The van der Waals surface area contributed by atoms with Crippen LogP contribution < -0.4 is 10.6 Å². The third-order valence-electron chi connectivity index (χ3n) is 6.21. The average Bonchev–Trinajstić information content (AvgIpc) is 3.20. The molecule has 38 heavy (non-hydrogen) atoms. The Kier molecular flexibility index (Phi) is 6.53. The fourth-order valence-electron chi connectivity index (χ4n) is 4.22. The molecule has 0 aliphatic rings. The lowest BCUT2D eigenvalue weighted by atomic mass is 10.1. The minimum Gasteiger partial charge on any atom is -0.309 e. The maximum Gasteiger partial charge on any atom is 0.242 e. The van der Waals surface area contributed by atoms with Gasteiger partial charge in [-0.1, -0.05) is 18.1 Å². The van der Waals surface area contributed by atoms with Crippen LogP contribution in [0.2, 0.25) is 0 Å². The van der Waals surface area contributed by atoms with Gasteiger partial charge < -0.3 is 10.6 Å². The molecule has 0 unspecified atom stereocenters. The van der Waals surface area contributed by atoms with Crippen LogP contribution in [-0.4, -0.2) is 48.7 Å². The van der Waals surface area contributed by atoms with Gasteiger partial charge in [-0.25, -0.2) is 24.3 Å². The van der Waals surface area contributed by atoms with E-state index < -0.39 is 11.9 Å². The molecule has 4 aromatic heterocycles. The van der Waals surface area contributed by atoms with E-state index in [1.165, 1.54) is 12.4 Å². The van der Waals surface area contributed by atoms with E-state index in [9.17, 15) is 9.18 Å². The summed E-state index contributed by atoms with van der Waals surface area (Å²) >= 11 is 0. The number of likely N-dealkylation sites (N-methyl/N-ethyl adjacent to an activating group) is 1. The van der Waals surface area contributed by atoms with Gasteiger partial charge in [-0.15, -0.1) is 0 Å². The van der Waals surface area contributed by atoms with Crippen LogP contribution in [0.15, 0.2) is 42.7 Å². The number of nitrogens with zero attached hydrogens (tertiary/aromatic N) is 6. The number of hydrogen-bond acceptors (Lipinski definition) is 7. The van der Waals surface area contributed by atoms with Crippen molar-refractivity contribution < 1.29 is 9.18 Å². The minimum absolute atomic E-state index is 0.244. The van der Waals surface area contributed by atoms with E-state index >= 15 is 0 Å². The molecule has 4 heterocycles. The Hall–Kier alpha value is -4.75. The van der Waals surface area contributed by atoms with Crippen molar-refractivity contribution in [2.24, 2.45) is 7.05 Å². The second-order valence-corrected chi connectivity index (χ2v) is 8.95. The lowest BCUT2D eigenvalue weighted by molar-refractivity contribution is -0.117. The summed E-state index contributed by atoms with van der Waals surface area (Å²) in [6.07, 6.45) is 1.49. The number of anilines is 1. The van der Waals surface area contributed by atoms with Crippen LogP contribution in [0.5, 0.6) is 0 Å². The van der Waals surface area contributed by atoms with Crippen LogP contribution in [0, 0.1) is 31.5 Å². The summed E-state index contributed by atoms with van der Waals surface area (Å²) in [5.74, 6) is 5.89. The van der Waals surface area contributed by atoms with Crippen LogP contribution in [0.25, 0.3) is 33.2 Å². The first-order valence-electron chi connectivity index (χ1n) is 12.0. The topological polar surface area (TPSA) is 111 Å². The number of carbonyl (C=O) groups excluding carboxylic acids is 1. The van der Waals surface area contributed by atoms with E-state index in [2.05, 4.69) is 47.5 Å². The maximum absolute atomic E-state index is 14.4. The average molecular weight is 509 g/mol. The number of pyridine rings is 2. The first-order chi connectivity index (χ1) is 18.2. The van der Waals surface area contributed by atoms with Gasteiger partial charge in [0.2, 0.25) is 5.91 Å². The van der Waals surface area contributed by atoms with Gasteiger partial charge in [0.25, 0.3) is 0 Å². The second kappa shape index (κ2) is 9.95. The fraction of sp³-hybridized carbons (Fsp3) is 0.214. The first kappa shape index (κ1) is 24.9. The molecule has 0 fully saturated rings. The lowest BCUT2D eigenvalue weighted by Crippen LogP contribution is -2.35. The quantitative estimate of drug-likeness (QED) is 0.356. The zero-order chi connectivity index (χ0) is 27.0. The highest BCUT2D eigenvalue weighted by Crippen LogP contribution is 2.28. The summed E-state index contributed by atoms with van der Waals surface area (Å²) in [5.41, 5.74) is 5.53. The van der Waals surface area contributed by atoms with Gasteiger partial charge >= 0.3 is 0 Å². The van der Waals surface area contributed by atoms with Crippen LogP contribution >= 0.6 is 0 Å². The molecule has 9 nitrogen and oxygen atoms in total. The smallest absolute Gasteiger partial charge is 0.242 e. The predicted molar refractivity (Wildman–Crippen MR) is 144 cm³/mol. The Balaban J connectivity index is 1.67. The number of aromatic nitrogens is 6. The molecule has 1 atom stereocenters. The molecule has 0 aliphatic heterocycles. The van der Waals surface area contributed by atoms with E-state index in [4.69, 9.17) is 0 Å². The number of aryl methyl sites for hydroxylation is 3. The molecular weight excluding hydrogens is 483 g/mol. The van der Waals surface area contributed by atoms with E-state index in [0.717, 1.165) is 16.7 Å². The van der Waals surface area contributed by atoms with Crippen molar-refractivity contribution in [3.8, 4) is 23.1 Å². The highest BCUT2D eigenvalue weighted by Gasteiger charge is 2.17. The molecule has 5 aromatic rings. The highest BCUT2D eigenvalue weighted by molar-refractivity contribution is 5.96. The number of para-hydroxylation sites is 1. The minimum atomic E-state index is -0.429. The van der Waals surface area contributed by atoms with Crippen molar-refractivity contribution in [3.05, 3.63) is 71.2 Å². The van der Waals surface area contributed by atoms with Crippen molar-refractivity contribution in [2.75, 3.05) is 12.4 Å². The summed E-state index contributed by atoms with van der Waals surface area (Å²) in [4.78, 5) is 30.4. The van der Waals surface area contributed by atoms with E-state index in [0.29, 0.717) is 39.4 Å². The molecule has 0 saturated heterocycles. The van der Waals surface area contributed by atoms with Crippen molar-refractivity contribution in [1.82, 2.24) is 35.0 Å². The molecule has 0 saturated carbocycles. The molecule has 0 bridgehead atoms. The second-order valence-electron chi connectivity index (χ2n) is 8.95. The summed E-state index contributed by atoms with van der Waals surface area (Å²) in [7, 11) is 3.54. The molecule has 0 radical (unpaired) electrons. The van der Waals surface area contributed by atoms with Gasteiger partial charge in [0, 0.05) is 29.3 Å². The maximum atomic E-state index is 14.4. The number of nitrogens with one attached hydrogen (secondary N) is 2. The highest BCUT2D eigenvalue weighted by atomic mass is 19.1. The zero-order valence-corrected chi connectivity index (χ0v) is 21.6. The number of rotatable bonds is 4. The van der Waals surface area contributed by atoms with Gasteiger partial charge in [0.1, 0.15) is 40.2 Å². The Labute approximate surface area is 218 Å². The summed E-state index contributed by atoms with van der Waals surface area (Å²) < 4.78 is 16.1. The van der Waals surface area contributed by atoms with Crippen molar-refractivity contribution in [1.29, 1.82) is 0 Å².